The van der Waals surface area contributed by atoms with Crippen molar-refractivity contribution in [2.24, 2.45) is 0 Å². The number of para-hydroxylation sites is 2. The third-order valence-electron chi connectivity index (χ3n) is 4.64. The third kappa shape index (κ3) is 3.35. The van der Waals surface area contributed by atoms with Crippen molar-refractivity contribution in [3.63, 3.8) is 0 Å². The largest absolute Gasteiger partial charge is 0.495 e. The summed E-state index contributed by atoms with van der Waals surface area (Å²) in [6.07, 6.45) is 0. The van der Waals surface area contributed by atoms with Crippen molar-refractivity contribution >= 4 is 28.7 Å². The molecule has 0 atom stereocenters. The molecule has 0 amide bonds. The topological polar surface area (TPSA) is 46.2 Å². The number of hydrogen-bond acceptors (Lipinski definition) is 5. The van der Waals surface area contributed by atoms with Gasteiger partial charge in [0.1, 0.15) is 5.75 Å². The van der Waals surface area contributed by atoms with Gasteiger partial charge in [-0.25, -0.2) is 0 Å². The smallest absolute Gasteiger partial charge is 0.231 e. The lowest BCUT2D eigenvalue weighted by atomic mass is 10.2. The van der Waals surface area contributed by atoms with Crippen molar-refractivity contribution < 1.29 is 14.2 Å². The molecule has 1 N–H and O–H groups in total. The van der Waals surface area contributed by atoms with Gasteiger partial charge in [0.25, 0.3) is 0 Å². The summed E-state index contributed by atoms with van der Waals surface area (Å²) in [7, 11) is 1.66. The Kier molecular flexibility index (Phi) is 4.71. The molecular weight excluding hydrogens is 350 g/mol. The first-order valence-corrected chi connectivity index (χ1v) is 8.99. The Morgan fingerprint density at radius 2 is 1.81 bits per heavy atom. The highest BCUT2D eigenvalue weighted by Gasteiger charge is 2.22. The first-order chi connectivity index (χ1) is 12.7. The number of rotatable bonds is 3. The SMILES string of the molecule is COc1ccccc1NC(=S)N1CCN(c2ccc3c(c2)OCO3)CC1. The molecule has 0 radical (unpaired) electrons. The summed E-state index contributed by atoms with van der Waals surface area (Å²) >= 11 is 5.59. The van der Waals surface area contributed by atoms with E-state index in [2.05, 4.69) is 21.2 Å². The van der Waals surface area contributed by atoms with Crippen LogP contribution in [0, 0.1) is 0 Å². The van der Waals surface area contributed by atoms with Gasteiger partial charge >= 0.3 is 0 Å². The van der Waals surface area contributed by atoms with E-state index >= 15 is 0 Å². The predicted molar refractivity (Wildman–Crippen MR) is 106 cm³/mol. The Morgan fingerprint density at radius 1 is 1.04 bits per heavy atom. The average Bonchev–Trinajstić information content (AvgIpc) is 3.16. The lowest BCUT2D eigenvalue weighted by molar-refractivity contribution is 0.174. The molecule has 136 valence electrons. The van der Waals surface area contributed by atoms with Gasteiger partial charge in [-0.05, 0) is 36.5 Å². The van der Waals surface area contributed by atoms with Crippen LogP contribution in [0.15, 0.2) is 42.5 Å². The van der Waals surface area contributed by atoms with E-state index in [0.717, 1.165) is 59.9 Å². The van der Waals surface area contributed by atoms with Crippen LogP contribution in [0.1, 0.15) is 0 Å². The fourth-order valence-electron chi connectivity index (χ4n) is 3.19. The van der Waals surface area contributed by atoms with E-state index in [1.807, 2.05) is 36.4 Å². The maximum absolute atomic E-state index is 5.59. The van der Waals surface area contributed by atoms with Crippen LogP contribution in [-0.4, -0.2) is 50.1 Å². The van der Waals surface area contributed by atoms with E-state index < -0.39 is 0 Å². The van der Waals surface area contributed by atoms with E-state index in [9.17, 15) is 0 Å². The molecule has 7 heteroatoms. The van der Waals surface area contributed by atoms with Gasteiger partial charge in [-0.2, -0.15) is 0 Å². The number of thiocarbonyl (C=S) groups is 1. The summed E-state index contributed by atoms with van der Waals surface area (Å²) in [5, 5.41) is 4.02. The molecule has 2 aliphatic rings. The number of nitrogens with one attached hydrogen (secondary N) is 1. The highest BCUT2D eigenvalue weighted by Crippen LogP contribution is 2.35. The lowest BCUT2D eigenvalue weighted by Gasteiger charge is -2.37. The van der Waals surface area contributed by atoms with Crippen LogP contribution in [0.25, 0.3) is 0 Å². The number of nitrogens with zero attached hydrogens (tertiary/aromatic N) is 2. The maximum Gasteiger partial charge on any atom is 0.231 e. The van der Waals surface area contributed by atoms with E-state index in [4.69, 9.17) is 26.4 Å². The van der Waals surface area contributed by atoms with Gasteiger partial charge < -0.3 is 29.3 Å². The molecule has 0 bridgehead atoms. The number of piperazine rings is 1. The Morgan fingerprint density at radius 3 is 2.62 bits per heavy atom. The molecule has 2 aromatic rings. The van der Waals surface area contributed by atoms with Crippen molar-refractivity contribution in [1.29, 1.82) is 0 Å². The molecule has 0 spiro atoms. The zero-order valence-corrected chi connectivity index (χ0v) is 15.4. The molecule has 1 saturated heterocycles. The van der Waals surface area contributed by atoms with Crippen molar-refractivity contribution in [1.82, 2.24) is 4.90 Å². The summed E-state index contributed by atoms with van der Waals surface area (Å²) in [4.78, 5) is 4.52. The molecule has 0 unspecified atom stereocenters. The molecule has 2 aromatic carbocycles. The van der Waals surface area contributed by atoms with Gasteiger partial charge in [0, 0.05) is 37.9 Å². The maximum atomic E-state index is 5.59. The van der Waals surface area contributed by atoms with E-state index in [-0.39, 0.29) is 0 Å². The van der Waals surface area contributed by atoms with Crippen LogP contribution in [0.2, 0.25) is 0 Å². The minimum absolute atomic E-state index is 0.301. The van der Waals surface area contributed by atoms with Gasteiger partial charge in [-0.3, -0.25) is 0 Å². The highest BCUT2D eigenvalue weighted by atomic mass is 32.1. The second-order valence-electron chi connectivity index (χ2n) is 6.14. The second-order valence-corrected chi connectivity index (χ2v) is 6.53. The van der Waals surface area contributed by atoms with E-state index in [1.54, 1.807) is 7.11 Å². The second kappa shape index (κ2) is 7.29. The standard InChI is InChI=1S/C19H21N3O3S/c1-23-16-5-3-2-4-15(16)20-19(26)22-10-8-21(9-11-22)14-6-7-17-18(12-14)25-13-24-17/h2-7,12H,8-11,13H2,1H3,(H,20,26). The highest BCUT2D eigenvalue weighted by molar-refractivity contribution is 7.80. The molecule has 26 heavy (non-hydrogen) atoms. The Labute approximate surface area is 158 Å². The number of hydrogen-bond donors (Lipinski definition) is 1. The average molecular weight is 371 g/mol. The first kappa shape index (κ1) is 16.8. The molecule has 0 aromatic heterocycles. The minimum atomic E-state index is 0.301. The van der Waals surface area contributed by atoms with Crippen molar-refractivity contribution in [2.45, 2.75) is 0 Å². The lowest BCUT2D eigenvalue weighted by Crippen LogP contribution is -2.50. The van der Waals surface area contributed by atoms with Gasteiger partial charge in [0.05, 0.1) is 12.8 Å². The molecule has 0 aliphatic carbocycles. The molecule has 4 rings (SSSR count). The van der Waals surface area contributed by atoms with Crippen LogP contribution in [0.5, 0.6) is 17.2 Å². The number of fused-ring (bicyclic) bond motifs is 1. The molecule has 6 nitrogen and oxygen atoms in total. The van der Waals surface area contributed by atoms with E-state index in [1.165, 1.54) is 0 Å². The zero-order valence-electron chi connectivity index (χ0n) is 14.6. The minimum Gasteiger partial charge on any atom is -0.495 e. The monoisotopic (exact) mass is 371 g/mol. The normalized spacial score (nSPS) is 15.7. The van der Waals surface area contributed by atoms with Crippen molar-refractivity contribution in [3.05, 3.63) is 42.5 Å². The molecular formula is C19H21N3O3S. The van der Waals surface area contributed by atoms with Crippen LogP contribution in [0.3, 0.4) is 0 Å². The van der Waals surface area contributed by atoms with Crippen molar-refractivity contribution in [2.75, 3.05) is 50.3 Å². The van der Waals surface area contributed by atoms with Crippen LogP contribution in [-0.2, 0) is 0 Å². The third-order valence-corrected chi connectivity index (χ3v) is 5.00. The van der Waals surface area contributed by atoms with Crippen LogP contribution < -0.4 is 24.4 Å². The molecule has 2 aliphatic heterocycles. The number of anilines is 2. The van der Waals surface area contributed by atoms with Gasteiger partial charge in [-0.1, -0.05) is 12.1 Å². The summed E-state index contributed by atoms with van der Waals surface area (Å²) < 4.78 is 16.2. The fraction of sp³-hybridized carbons (Fsp3) is 0.316. The van der Waals surface area contributed by atoms with Gasteiger partial charge in [-0.15, -0.1) is 0 Å². The van der Waals surface area contributed by atoms with Crippen LogP contribution >= 0.6 is 12.2 Å². The Hall–Kier alpha value is -2.67. The summed E-state index contributed by atoms with van der Waals surface area (Å²) in [6, 6.07) is 13.9. The molecule has 0 saturated carbocycles. The van der Waals surface area contributed by atoms with Crippen molar-refractivity contribution in [3.8, 4) is 17.2 Å². The summed E-state index contributed by atoms with van der Waals surface area (Å²) in [5.74, 6) is 2.42. The fourth-order valence-corrected chi connectivity index (χ4v) is 3.48. The first-order valence-electron chi connectivity index (χ1n) is 8.58. The number of methoxy groups -OCH3 is 1. The van der Waals surface area contributed by atoms with Crippen LogP contribution in [0.4, 0.5) is 11.4 Å². The van der Waals surface area contributed by atoms with Gasteiger partial charge in [0.15, 0.2) is 16.6 Å². The summed E-state index contributed by atoms with van der Waals surface area (Å²) in [6.45, 7) is 3.81. The zero-order chi connectivity index (χ0) is 17.9. The quantitative estimate of drug-likeness (QED) is 0.833. The number of ether oxygens (including phenoxy) is 3. The van der Waals surface area contributed by atoms with E-state index in [0.29, 0.717) is 6.79 Å². The Bertz CT molecular complexity index is 806. The van der Waals surface area contributed by atoms with Gasteiger partial charge in [0.2, 0.25) is 6.79 Å². The number of benzene rings is 2. The summed E-state index contributed by atoms with van der Waals surface area (Å²) in [5.41, 5.74) is 2.04. The molecule has 2 heterocycles. The Balaban J connectivity index is 1.36. The predicted octanol–water partition coefficient (Wildman–Crippen LogP) is 2.94. The molecule has 1 fully saturated rings.